The van der Waals surface area contributed by atoms with E-state index >= 15 is 0 Å². The third-order valence-electron chi connectivity index (χ3n) is 12.5. The van der Waals surface area contributed by atoms with Crippen molar-refractivity contribution in [1.82, 2.24) is 0 Å². The SMILES string of the molecule is COC(=O)CCC(C)C1CCC2C3C(O[Si](C)(C)C)[C@@H](O[Si](C)(C)C)[C@@H]4C[C@H](O[Si](C)(C)C)CCC4(C)C3C[C@@H](O[Si](C)(C)C)C12C. The molecule has 0 saturated heterocycles. The van der Waals surface area contributed by atoms with Gasteiger partial charge in [0, 0.05) is 12.5 Å². The van der Waals surface area contributed by atoms with Gasteiger partial charge in [0.05, 0.1) is 25.4 Å². The number of fused-ring (bicyclic) bond motifs is 5. The maximum absolute atomic E-state index is 12.3. The molecule has 47 heavy (non-hydrogen) atoms. The number of carbonyl (C=O) groups is 1. The number of rotatable bonds is 12. The van der Waals surface area contributed by atoms with Crippen LogP contribution in [0.15, 0.2) is 0 Å². The minimum atomic E-state index is -1.93. The molecule has 4 aliphatic carbocycles. The standard InChI is InChI=1S/C37H74O6Si4/c1-25(17-20-32(38)39-4)27-18-19-28-33-29(24-31(37(27,28)3)41-45(8,9)10)36(2)22-21-26(40-44(5,6)7)23-30(36)34(42-46(11,12)13)35(33)43-47(14,15)16/h25-31,33-35H,17-24H2,1-16H3/t25?,26-,27?,28?,29?,30+,31-,33?,34+,35?,36?,37?/m1/s1. The fourth-order valence-electron chi connectivity index (χ4n) is 11.0. The van der Waals surface area contributed by atoms with Gasteiger partial charge in [-0.05, 0) is 170 Å². The number of esters is 1. The molecular weight excluding hydrogens is 653 g/mol. The van der Waals surface area contributed by atoms with E-state index in [1.807, 2.05) is 0 Å². The molecule has 4 saturated carbocycles. The highest BCUT2D eigenvalue weighted by Crippen LogP contribution is 2.70. The monoisotopic (exact) mass is 726 g/mol. The number of hydrogen-bond acceptors (Lipinski definition) is 6. The molecule has 0 amide bonds. The summed E-state index contributed by atoms with van der Waals surface area (Å²) in [5.74, 6) is 2.76. The van der Waals surface area contributed by atoms with Gasteiger partial charge in [-0.2, -0.15) is 0 Å². The van der Waals surface area contributed by atoms with Crippen LogP contribution in [-0.4, -0.2) is 70.8 Å². The highest BCUT2D eigenvalue weighted by Gasteiger charge is 2.69. The number of hydrogen-bond donors (Lipinski definition) is 0. The number of carbonyl (C=O) groups excluding carboxylic acids is 1. The fraction of sp³-hybridized carbons (Fsp3) is 0.973. The van der Waals surface area contributed by atoms with Gasteiger partial charge in [-0.3, -0.25) is 4.79 Å². The maximum atomic E-state index is 12.3. The summed E-state index contributed by atoms with van der Waals surface area (Å²) in [6, 6.07) is 0. The Labute approximate surface area is 294 Å². The van der Waals surface area contributed by atoms with Crippen LogP contribution in [0.4, 0.5) is 0 Å². The molecule has 0 aromatic carbocycles. The Kier molecular flexibility index (Phi) is 11.9. The van der Waals surface area contributed by atoms with Gasteiger partial charge in [-0.15, -0.1) is 0 Å². The van der Waals surface area contributed by atoms with Crippen molar-refractivity contribution in [3.05, 3.63) is 0 Å². The lowest BCUT2D eigenvalue weighted by Gasteiger charge is -2.68. The second-order valence-electron chi connectivity index (χ2n) is 20.5. The van der Waals surface area contributed by atoms with E-state index in [0.29, 0.717) is 48.0 Å². The smallest absolute Gasteiger partial charge is 0.305 e. The molecule has 0 aromatic rings. The van der Waals surface area contributed by atoms with Gasteiger partial charge in [0.1, 0.15) is 0 Å². The van der Waals surface area contributed by atoms with Crippen LogP contribution in [0, 0.1) is 46.3 Å². The number of ether oxygens (including phenoxy) is 1. The maximum Gasteiger partial charge on any atom is 0.305 e. The van der Waals surface area contributed by atoms with Crippen LogP contribution in [0.25, 0.3) is 0 Å². The molecule has 0 N–H and O–H groups in total. The molecule has 12 atom stereocenters. The van der Waals surface area contributed by atoms with Gasteiger partial charge < -0.3 is 22.4 Å². The molecule has 4 rings (SSSR count). The van der Waals surface area contributed by atoms with E-state index in [2.05, 4.69) is 99.3 Å². The average molecular weight is 727 g/mol. The molecule has 0 aliphatic heterocycles. The van der Waals surface area contributed by atoms with Crippen molar-refractivity contribution < 1.29 is 27.2 Å². The lowest BCUT2D eigenvalue weighted by molar-refractivity contribution is -0.232. The first-order chi connectivity index (χ1) is 21.3. The molecule has 10 heteroatoms. The first kappa shape index (κ1) is 40.0. The largest absolute Gasteiger partial charge is 0.469 e. The summed E-state index contributed by atoms with van der Waals surface area (Å²) in [4.78, 5) is 12.3. The van der Waals surface area contributed by atoms with Crippen LogP contribution < -0.4 is 0 Å². The van der Waals surface area contributed by atoms with E-state index in [9.17, 15) is 4.79 Å². The van der Waals surface area contributed by atoms with Crippen molar-refractivity contribution in [3.8, 4) is 0 Å². The Hall–Kier alpha value is 0.178. The molecule has 0 aromatic heterocycles. The van der Waals surface area contributed by atoms with E-state index in [1.54, 1.807) is 0 Å². The zero-order valence-corrected chi connectivity index (χ0v) is 37.4. The van der Waals surface area contributed by atoms with Gasteiger partial charge in [0.25, 0.3) is 0 Å². The summed E-state index contributed by atoms with van der Waals surface area (Å²) in [7, 11) is -5.87. The molecule has 4 fully saturated rings. The van der Waals surface area contributed by atoms with E-state index in [-0.39, 0.29) is 35.1 Å². The lowest BCUT2D eigenvalue weighted by atomic mass is 9.42. The van der Waals surface area contributed by atoms with E-state index in [1.165, 1.54) is 26.4 Å². The summed E-state index contributed by atoms with van der Waals surface area (Å²) < 4.78 is 34.3. The van der Waals surface area contributed by atoms with Gasteiger partial charge >= 0.3 is 5.97 Å². The van der Waals surface area contributed by atoms with Crippen LogP contribution in [0.3, 0.4) is 0 Å². The van der Waals surface area contributed by atoms with Crippen molar-refractivity contribution in [1.29, 1.82) is 0 Å². The van der Waals surface area contributed by atoms with Crippen molar-refractivity contribution in [2.75, 3.05) is 7.11 Å². The highest BCUT2D eigenvalue weighted by molar-refractivity contribution is 6.71. The Morgan fingerprint density at radius 3 is 1.79 bits per heavy atom. The van der Waals surface area contributed by atoms with Crippen LogP contribution >= 0.6 is 0 Å². The predicted molar refractivity (Wildman–Crippen MR) is 205 cm³/mol. The zero-order chi connectivity index (χ0) is 35.5. The van der Waals surface area contributed by atoms with Crippen molar-refractivity contribution in [2.24, 2.45) is 46.3 Å². The summed E-state index contributed by atoms with van der Waals surface area (Å²) in [5, 5.41) is 0. The molecule has 0 radical (unpaired) electrons. The summed E-state index contributed by atoms with van der Waals surface area (Å²) >= 11 is 0. The second kappa shape index (κ2) is 14.0. The van der Waals surface area contributed by atoms with E-state index in [4.69, 9.17) is 22.4 Å². The highest BCUT2D eigenvalue weighted by atomic mass is 28.4. The summed E-state index contributed by atoms with van der Waals surface area (Å²) in [6.07, 6.45) is 9.05. The van der Waals surface area contributed by atoms with Crippen LogP contribution in [0.2, 0.25) is 78.6 Å². The molecule has 4 aliphatic rings. The topological polar surface area (TPSA) is 63.2 Å². The van der Waals surface area contributed by atoms with Crippen molar-refractivity contribution >= 4 is 39.2 Å². The van der Waals surface area contributed by atoms with Crippen LogP contribution in [0.1, 0.15) is 72.1 Å². The molecule has 274 valence electrons. The average Bonchev–Trinajstić information content (AvgIpc) is 3.25. The van der Waals surface area contributed by atoms with E-state index in [0.717, 1.165) is 25.7 Å². The first-order valence-electron chi connectivity index (χ1n) is 19.1. The Bertz CT molecular complexity index is 1090. The quantitative estimate of drug-likeness (QED) is 0.147. The zero-order valence-electron chi connectivity index (χ0n) is 33.4. The normalized spacial score (nSPS) is 40.3. The van der Waals surface area contributed by atoms with Gasteiger partial charge in [-0.25, -0.2) is 0 Å². The Morgan fingerprint density at radius 2 is 1.26 bits per heavy atom. The molecule has 0 heterocycles. The van der Waals surface area contributed by atoms with Gasteiger partial charge in [0.15, 0.2) is 33.3 Å². The van der Waals surface area contributed by atoms with Crippen molar-refractivity contribution in [3.63, 3.8) is 0 Å². The summed E-state index contributed by atoms with van der Waals surface area (Å²) in [5.41, 5.74) is 0.188. The second-order valence-corrected chi connectivity index (χ2v) is 38.4. The molecular formula is C37H74O6Si4. The molecule has 0 bridgehead atoms. The Morgan fingerprint density at radius 1 is 0.702 bits per heavy atom. The minimum absolute atomic E-state index is 0.0308. The minimum Gasteiger partial charge on any atom is -0.469 e. The van der Waals surface area contributed by atoms with Crippen molar-refractivity contribution in [2.45, 2.75) is 175 Å². The summed E-state index contributed by atoms with van der Waals surface area (Å²) in [6.45, 7) is 36.0. The number of methoxy groups -OCH3 is 1. The first-order valence-corrected chi connectivity index (χ1v) is 32.7. The predicted octanol–water partition coefficient (Wildman–Crippen LogP) is 9.94. The lowest BCUT2D eigenvalue weighted by Crippen LogP contribution is -2.70. The third-order valence-corrected chi connectivity index (χ3v) is 16.5. The van der Waals surface area contributed by atoms with Crippen LogP contribution in [-0.2, 0) is 27.2 Å². The molecule has 0 spiro atoms. The Balaban J connectivity index is 1.85. The third kappa shape index (κ3) is 8.98. The fourth-order valence-corrected chi connectivity index (χ4v) is 15.7. The van der Waals surface area contributed by atoms with E-state index < -0.39 is 33.3 Å². The van der Waals surface area contributed by atoms with Gasteiger partial charge in [0.2, 0.25) is 0 Å². The molecule has 8 unspecified atom stereocenters. The van der Waals surface area contributed by atoms with Crippen LogP contribution in [0.5, 0.6) is 0 Å². The molecule has 6 nitrogen and oxygen atoms in total. The van der Waals surface area contributed by atoms with Gasteiger partial charge in [-0.1, -0.05) is 20.8 Å².